The number of hydrogen-bond acceptors (Lipinski definition) is 2. The predicted molar refractivity (Wildman–Crippen MR) is 200 cm³/mol. The summed E-state index contributed by atoms with van der Waals surface area (Å²) < 4.78 is 0. The van der Waals surface area contributed by atoms with E-state index in [9.17, 15) is 0 Å². The maximum absolute atomic E-state index is 5.59. The number of para-hydroxylation sites is 1. The van der Waals surface area contributed by atoms with Gasteiger partial charge in [0.15, 0.2) is 0 Å². The number of aryl methyl sites for hydroxylation is 3. The summed E-state index contributed by atoms with van der Waals surface area (Å²) in [4.78, 5) is 10.7. The molecule has 0 unspecified atom stereocenters. The molecule has 0 bridgehead atoms. The van der Waals surface area contributed by atoms with E-state index in [4.69, 9.17) is 9.98 Å². The molecule has 2 nitrogen and oxygen atoms in total. The predicted octanol–water partition coefficient (Wildman–Crippen LogP) is 11.9. The minimum absolute atomic E-state index is 0.00865. The molecule has 6 rings (SSSR count). The summed E-state index contributed by atoms with van der Waals surface area (Å²) in [6.07, 6.45) is 0. The van der Waals surface area contributed by atoms with E-state index in [-0.39, 0.29) is 11.8 Å². The standard InChI is InChI=1S/C45H42N2/c1-31-29-40(42(36-21-10-6-11-22-36)37-23-12-7-13-24-37)45(47-35(5)34(4)46-44-32(2)19-18-20-33(44)3)41(30-31)43(38-25-14-8-15-26-38)39-27-16-9-17-28-39/h6-30,42-43H,1-5H3. The molecule has 6 aromatic rings. The summed E-state index contributed by atoms with van der Waals surface area (Å²) in [5.74, 6) is -0.0173. The van der Waals surface area contributed by atoms with Crippen LogP contribution in [0.2, 0.25) is 0 Å². The zero-order valence-electron chi connectivity index (χ0n) is 28.0. The lowest BCUT2D eigenvalue weighted by molar-refractivity contribution is 0.934. The van der Waals surface area contributed by atoms with E-state index in [0.29, 0.717) is 0 Å². The molecule has 2 heteroatoms. The molecule has 232 valence electrons. The molecular weight excluding hydrogens is 569 g/mol. The van der Waals surface area contributed by atoms with Crippen molar-refractivity contribution in [1.82, 2.24) is 0 Å². The molecule has 0 amide bonds. The van der Waals surface area contributed by atoms with Gasteiger partial charge in [0.25, 0.3) is 0 Å². The Labute approximate surface area is 280 Å². The van der Waals surface area contributed by atoms with Crippen molar-refractivity contribution in [3.63, 3.8) is 0 Å². The molecule has 0 aromatic heterocycles. The second kappa shape index (κ2) is 14.4. The molecule has 0 aliphatic carbocycles. The highest BCUT2D eigenvalue weighted by atomic mass is 14.8. The molecule has 0 aliphatic heterocycles. The van der Waals surface area contributed by atoms with Gasteiger partial charge in [-0.3, -0.25) is 9.98 Å². The van der Waals surface area contributed by atoms with E-state index < -0.39 is 0 Å². The van der Waals surface area contributed by atoms with Gasteiger partial charge in [-0.25, -0.2) is 0 Å². The van der Waals surface area contributed by atoms with Gasteiger partial charge in [0.2, 0.25) is 0 Å². The van der Waals surface area contributed by atoms with Crippen LogP contribution in [0.3, 0.4) is 0 Å². The summed E-state index contributed by atoms with van der Waals surface area (Å²) in [5, 5.41) is 0. The second-order valence-electron chi connectivity index (χ2n) is 12.4. The summed E-state index contributed by atoms with van der Waals surface area (Å²) in [7, 11) is 0. The molecule has 0 aliphatic rings. The number of nitrogens with zero attached hydrogens (tertiary/aromatic N) is 2. The molecule has 0 radical (unpaired) electrons. The van der Waals surface area contributed by atoms with Gasteiger partial charge in [-0.05, 0) is 79.1 Å². The monoisotopic (exact) mass is 610 g/mol. The van der Waals surface area contributed by atoms with Crippen molar-refractivity contribution in [3.05, 3.63) is 202 Å². The van der Waals surface area contributed by atoms with E-state index in [2.05, 4.69) is 186 Å². The lowest BCUT2D eigenvalue weighted by Gasteiger charge is -2.27. The van der Waals surface area contributed by atoms with E-state index in [1.165, 1.54) is 38.9 Å². The van der Waals surface area contributed by atoms with E-state index in [1.54, 1.807) is 0 Å². The Hall–Kier alpha value is -5.34. The van der Waals surface area contributed by atoms with Gasteiger partial charge in [0, 0.05) is 11.8 Å². The first kappa shape index (κ1) is 31.6. The van der Waals surface area contributed by atoms with Crippen molar-refractivity contribution < 1.29 is 0 Å². The SMILES string of the molecule is CC(=Nc1c(C)cccc1C)C(C)=Nc1c(C(c2ccccc2)c2ccccc2)cc(C)cc1C(c1ccccc1)c1ccccc1. The molecule has 0 atom stereocenters. The lowest BCUT2D eigenvalue weighted by Crippen LogP contribution is -2.11. The van der Waals surface area contributed by atoms with Crippen LogP contribution < -0.4 is 0 Å². The van der Waals surface area contributed by atoms with Crippen LogP contribution in [0.5, 0.6) is 0 Å². The van der Waals surface area contributed by atoms with Crippen molar-refractivity contribution in [1.29, 1.82) is 0 Å². The Morgan fingerprint density at radius 1 is 0.404 bits per heavy atom. The minimum Gasteiger partial charge on any atom is -0.251 e. The Bertz CT molecular complexity index is 1800. The van der Waals surface area contributed by atoms with Crippen LogP contribution >= 0.6 is 0 Å². The van der Waals surface area contributed by atoms with Crippen LogP contribution in [0.15, 0.2) is 162 Å². The quantitative estimate of drug-likeness (QED) is 0.115. The smallest absolute Gasteiger partial charge is 0.0717 e. The third-order valence-electron chi connectivity index (χ3n) is 8.99. The normalized spacial score (nSPS) is 12.1. The number of hydrogen-bond donors (Lipinski definition) is 0. The van der Waals surface area contributed by atoms with Crippen LogP contribution in [0.25, 0.3) is 0 Å². The first-order valence-corrected chi connectivity index (χ1v) is 16.4. The van der Waals surface area contributed by atoms with Crippen LogP contribution in [-0.4, -0.2) is 11.4 Å². The van der Waals surface area contributed by atoms with Gasteiger partial charge in [-0.2, -0.15) is 0 Å². The van der Waals surface area contributed by atoms with Gasteiger partial charge >= 0.3 is 0 Å². The number of aliphatic imine (C=N–C) groups is 2. The van der Waals surface area contributed by atoms with Crippen LogP contribution in [0.1, 0.15) is 75.8 Å². The first-order valence-electron chi connectivity index (χ1n) is 16.4. The van der Waals surface area contributed by atoms with E-state index in [1.807, 2.05) is 0 Å². The highest BCUT2D eigenvalue weighted by Gasteiger charge is 2.27. The molecule has 6 aromatic carbocycles. The van der Waals surface area contributed by atoms with E-state index in [0.717, 1.165) is 33.9 Å². The summed E-state index contributed by atoms with van der Waals surface area (Å²) >= 11 is 0. The molecule has 0 heterocycles. The molecule has 0 N–H and O–H groups in total. The van der Waals surface area contributed by atoms with E-state index >= 15 is 0 Å². The Kier molecular flexibility index (Phi) is 9.69. The van der Waals surface area contributed by atoms with Gasteiger partial charge < -0.3 is 0 Å². The fraction of sp³-hybridized carbons (Fsp3) is 0.156. The lowest BCUT2D eigenvalue weighted by atomic mass is 9.78. The highest BCUT2D eigenvalue weighted by Crippen LogP contribution is 2.45. The Morgan fingerprint density at radius 2 is 0.723 bits per heavy atom. The first-order chi connectivity index (χ1) is 22.9. The summed E-state index contributed by atoms with van der Waals surface area (Å²) in [6.45, 7) is 10.6. The largest absolute Gasteiger partial charge is 0.251 e. The molecular formula is C45H42N2. The third-order valence-corrected chi connectivity index (χ3v) is 8.99. The van der Waals surface area contributed by atoms with Crippen molar-refractivity contribution >= 4 is 22.8 Å². The zero-order valence-corrected chi connectivity index (χ0v) is 28.0. The van der Waals surface area contributed by atoms with Crippen molar-refractivity contribution in [2.24, 2.45) is 9.98 Å². The van der Waals surface area contributed by atoms with Crippen LogP contribution in [0, 0.1) is 20.8 Å². The average Bonchev–Trinajstić information content (AvgIpc) is 3.10. The molecule has 0 spiro atoms. The molecule has 0 saturated carbocycles. The topological polar surface area (TPSA) is 24.7 Å². The minimum atomic E-state index is -0.00865. The van der Waals surface area contributed by atoms with Gasteiger partial charge in [-0.1, -0.05) is 157 Å². The zero-order chi connectivity index (χ0) is 32.8. The fourth-order valence-corrected chi connectivity index (χ4v) is 6.57. The van der Waals surface area contributed by atoms with Crippen LogP contribution in [-0.2, 0) is 0 Å². The third kappa shape index (κ3) is 7.08. The Balaban J connectivity index is 1.67. The van der Waals surface area contributed by atoms with Crippen molar-refractivity contribution in [2.75, 3.05) is 0 Å². The average molecular weight is 611 g/mol. The number of rotatable bonds is 9. The second-order valence-corrected chi connectivity index (χ2v) is 12.4. The molecule has 0 saturated heterocycles. The summed E-state index contributed by atoms with van der Waals surface area (Å²) in [5.41, 5.74) is 14.7. The maximum Gasteiger partial charge on any atom is 0.0717 e. The maximum atomic E-state index is 5.59. The molecule has 0 fully saturated rings. The van der Waals surface area contributed by atoms with Crippen molar-refractivity contribution in [2.45, 2.75) is 46.5 Å². The van der Waals surface area contributed by atoms with Gasteiger partial charge in [-0.15, -0.1) is 0 Å². The van der Waals surface area contributed by atoms with Gasteiger partial charge in [0.1, 0.15) is 0 Å². The summed E-state index contributed by atoms with van der Waals surface area (Å²) in [6, 6.07) is 54.3. The Morgan fingerprint density at radius 3 is 1.06 bits per heavy atom. The van der Waals surface area contributed by atoms with Gasteiger partial charge in [0.05, 0.1) is 22.8 Å². The number of benzene rings is 6. The fourth-order valence-electron chi connectivity index (χ4n) is 6.57. The van der Waals surface area contributed by atoms with Crippen LogP contribution in [0.4, 0.5) is 11.4 Å². The molecule has 47 heavy (non-hydrogen) atoms. The highest BCUT2D eigenvalue weighted by molar-refractivity contribution is 6.41. The van der Waals surface area contributed by atoms with Crippen molar-refractivity contribution in [3.8, 4) is 0 Å².